The van der Waals surface area contributed by atoms with Crippen molar-refractivity contribution in [2.45, 2.75) is 6.42 Å². The van der Waals surface area contributed by atoms with Crippen molar-refractivity contribution in [1.29, 1.82) is 0 Å². The van der Waals surface area contributed by atoms with Gasteiger partial charge in [-0.15, -0.1) is 0 Å². The van der Waals surface area contributed by atoms with Crippen molar-refractivity contribution in [3.05, 3.63) is 90.9 Å². The molecule has 152 valence electrons. The van der Waals surface area contributed by atoms with Gasteiger partial charge in [-0.25, -0.2) is 13.9 Å². The van der Waals surface area contributed by atoms with E-state index in [1.54, 1.807) is 13.1 Å². The fraction of sp³-hybridized carbons (Fsp3) is 0.211. The van der Waals surface area contributed by atoms with Crippen LogP contribution < -0.4 is 26.5 Å². The Morgan fingerprint density at radius 3 is 2.31 bits per heavy atom. The number of hydrogen-bond donors (Lipinski definition) is 0. The molecule has 1 aromatic heterocycles. The van der Waals surface area contributed by atoms with E-state index in [-0.39, 0.29) is 11.2 Å². The Bertz CT molecular complexity index is 1340. The molecular weight excluding hydrogens is 389 g/mol. The molecule has 0 saturated heterocycles. The van der Waals surface area contributed by atoms with Gasteiger partial charge in [0.15, 0.2) is 0 Å². The zero-order valence-electron chi connectivity index (χ0n) is 16.9. The van der Waals surface area contributed by atoms with E-state index >= 15 is 0 Å². The summed E-state index contributed by atoms with van der Waals surface area (Å²) in [5, 5.41) is 0.543. The highest BCUT2D eigenvalue weighted by Crippen LogP contribution is 2.30. The van der Waals surface area contributed by atoms with Crippen LogP contribution in [0, 0.1) is 0 Å². The minimum Gasteiger partial charge on any atom is -0.418 e. The molecule has 29 heavy (non-hydrogen) atoms. The molecule has 0 amide bonds. The Morgan fingerprint density at radius 1 is 1.03 bits per heavy atom. The first-order valence-electron chi connectivity index (χ1n) is 9.16. The summed E-state index contributed by atoms with van der Waals surface area (Å²) in [7, 11) is -0.972. The normalized spacial score (nSPS) is 18.0. The van der Waals surface area contributed by atoms with Gasteiger partial charge in [0.1, 0.15) is 10.9 Å². The first kappa shape index (κ1) is 19.2. The second-order valence-electron chi connectivity index (χ2n) is 6.64. The summed E-state index contributed by atoms with van der Waals surface area (Å²) >= 11 is 0. The highest BCUT2D eigenvalue weighted by molar-refractivity contribution is 6.50. The molecule has 0 N–H and O–H groups in total. The number of aromatic nitrogens is 2. The molecule has 0 radical (unpaired) electrons. The van der Waals surface area contributed by atoms with Gasteiger partial charge in [-0.1, -0.05) is 36.4 Å². The molecular formula is C19H18BF4N3O2. The van der Waals surface area contributed by atoms with Crippen molar-refractivity contribution >= 4 is 12.8 Å². The number of halogens is 4. The monoisotopic (exact) mass is 408 g/mol. The SMILES string of the molecule is F[B-](F)(F)F.[2H]C1=CC=C2C(=c3c(=O)n(C)c(=O)n(C)c3=[N+]2C)C2=CC=CC=C1C2. The predicted molar refractivity (Wildman–Crippen MR) is 104 cm³/mol. The maximum Gasteiger partial charge on any atom is 0.673 e. The van der Waals surface area contributed by atoms with Crippen LogP contribution >= 0.6 is 0 Å². The van der Waals surface area contributed by atoms with Crippen molar-refractivity contribution in [2.75, 3.05) is 7.05 Å². The topological polar surface area (TPSA) is 47.0 Å². The van der Waals surface area contributed by atoms with Crippen LogP contribution in [0.15, 0.2) is 68.9 Å². The van der Waals surface area contributed by atoms with Gasteiger partial charge < -0.3 is 17.3 Å². The van der Waals surface area contributed by atoms with Crippen LogP contribution in [0.5, 0.6) is 0 Å². The summed E-state index contributed by atoms with van der Waals surface area (Å²) < 4.78 is 51.8. The van der Waals surface area contributed by atoms with Crippen LogP contribution in [0.2, 0.25) is 0 Å². The van der Waals surface area contributed by atoms with Gasteiger partial charge in [-0.05, 0) is 23.6 Å². The van der Waals surface area contributed by atoms with Crippen LogP contribution in [0.1, 0.15) is 7.79 Å². The zero-order valence-corrected chi connectivity index (χ0v) is 15.9. The van der Waals surface area contributed by atoms with E-state index in [0.29, 0.717) is 23.2 Å². The highest BCUT2D eigenvalue weighted by atomic mass is 19.5. The lowest BCUT2D eigenvalue weighted by molar-refractivity contribution is 0.368. The van der Waals surface area contributed by atoms with E-state index < -0.39 is 7.25 Å². The van der Waals surface area contributed by atoms with Crippen molar-refractivity contribution in [1.82, 2.24) is 13.7 Å². The van der Waals surface area contributed by atoms with Crippen LogP contribution in [0.3, 0.4) is 0 Å². The molecule has 1 aromatic rings. The molecule has 0 spiro atoms. The molecule has 0 saturated carbocycles. The molecule has 2 aliphatic carbocycles. The first-order chi connectivity index (χ1) is 13.9. The van der Waals surface area contributed by atoms with Crippen molar-refractivity contribution in [3.8, 4) is 0 Å². The Balaban J connectivity index is 0.000000461. The predicted octanol–water partition coefficient (Wildman–Crippen LogP) is 0.936. The molecule has 10 heteroatoms. The molecule has 0 aromatic carbocycles. The average Bonchev–Trinajstić information content (AvgIpc) is 2.81. The van der Waals surface area contributed by atoms with E-state index in [1.165, 1.54) is 11.6 Å². The lowest BCUT2D eigenvalue weighted by Gasteiger charge is -2.12. The van der Waals surface area contributed by atoms with Crippen molar-refractivity contribution < 1.29 is 18.6 Å². The van der Waals surface area contributed by atoms with E-state index in [2.05, 4.69) is 0 Å². The Labute approximate surface area is 164 Å². The van der Waals surface area contributed by atoms with Crippen LogP contribution in [0.25, 0.3) is 5.57 Å². The molecule has 3 aliphatic rings. The summed E-state index contributed by atoms with van der Waals surface area (Å²) in [6, 6.07) is 0.454. The van der Waals surface area contributed by atoms with Gasteiger partial charge in [0, 0.05) is 12.6 Å². The molecule has 4 rings (SSSR count). The molecule has 0 atom stereocenters. The fourth-order valence-corrected chi connectivity index (χ4v) is 3.54. The van der Waals surface area contributed by atoms with Gasteiger partial charge in [0.2, 0.25) is 0 Å². The third-order valence-electron chi connectivity index (χ3n) is 4.74. The van der Waals surface area contributed by atoms with Gasteiger partial charge in [0.25, 0.3) is 11.0 Å². The summed E-state index contributed by atoms with van der Waals surface area (Å²) in [6.45, 7) is 0. The average molecular weight is 408 g/mol. The number of hydrogen-bond acceptors (Lipinski definition) is 2. The smallest absolute Gasteiger partial charge is 0.418 e. The molecule has 0 fully saturated rings. The second-order valence-corrected chi connectivity index (χ2v) is 6.64. The Kier molecular flexibility index (Phi) is 4.85. The Morgan fingerprint density at radius 2 is 1.66 bits per heavy atom. The fourth-order valence-electron chi connectivity index (χ4n) is 3.54. The third-order valence-corrected chi connectivity index (χ3v) is 4.74. The van der Waals surface area contributed by atoms with Gasteiger partial charge >= 0.3 is 12.9 Å². The highest BCUT2D eigenvalue weighted by Gasteiger charge is 2.30. The van der Waals surface area contributed by atoms with Crippen LogP contribution in [0.4, 0.5) is 17.3 Å². The van der Waals surface area contributed by atoms with Gasteiger partial charge in [-0.3, -0.25) is 4.79 Å². The maximum absolute atomic E-state index is 12.9. The van der Waals surface area contributed by atoms with Crippen molar-refractivity contribution in [2.24, 2.45) is 14.1 Å². The van der Waals surface area contributed by atoms with E-state index in [1.807, 2.05) is 42.0 Å². The zero-order chi connectivity index (χ0) is 22.4. The number of rotatable bonds is 0. The van der Waals surface area contributed by atoms with E-state index in [0.717, 1.165) is 27.0 Å². The number of nitrogens with zero attached hydrogens (tertiary/aromatic N) is 3. The van der Waals surface area contributed by atoms with Gasteiger partial charge in [0.05, 0.1) is 15.5 Å². The largest absolute Gasteiger partial charge is 0.673 e. The first-order valence-corrected chi connectivity index (χ1v) is 8.66. The molecule has 2 bridgehead atoms. The quantitative estimate of drug-likeness (QED) is 0.365. The summed E-state index contributed by atoms with van der Waals surface area (Å²) in [4.78, 5) is 25.3. The van der Waals surface area contributed by atoms with E-state index in [4.69, 9.17) is 1.37 Å². The Hall–Kier alpha value is -3.17. The minimum atomic E-state index is -6.00. The number of fused-ring (bicyclic) bond motifs is 5. The lowest BCUT2D eigenvalue weighted by atomic mass is 9.93. The maximum atomic E-state index is 12.9. The molecule has 2 heterocycles. The summed E-state index contributed by atoms with van der Waals surface area (Å²) in [5.41, 5.74) is 3.51. The van der Waals surface area contributed by atoms with E-state index in [9.17, 15) is 26.9 Å². The lowest BCUT2D eigenvalue weighted by Crippen LogP contribution is -2.58. The number of allylic oxidation sites excluding steroid dienone is 9. The summed E-state index contributed by atoms with van der Waals surface area (Å²) in [6.07, 6.45) is 11.9. The summed E-state index contributed by atoms with van der Waals surface area (Å²) in [5.74, 6) is 0. The van der Waals surface area contributed by atoms with Crippen LogP contribution in [-0.2, 0) is 14.1 Å². The van der Waals surface area contributed by atoms with Crippen molar-refractivity contribution in [3.63, 3.8) is 0 Å². The molecule has 1 aliphatic heterocycles. The molecule has 5 nitrogen and oxygen atoms in total. The van der Waals surface area contributed by atoms with Gasteiger partial charge in [-0.2, -0.15) is 4.57 Å². The van der Waals surface area contributed by atoms with Crippen LogP contribution in [-0.4, -0.2) is 23.4 Å². The minimum absolute atomic E-state index is 0.293. The standard InChI is InChI=1S/C19H18N3O2.BF4/c1-20-14-10-6-8-12-7-4-5-9-13(11-12)15(14)16-17(20)21(2)19(24)22(3)18(16)23;2-1(3,4)5/h4-10H,11H2,1-3H3;/q+1;-1/i8D;. The second kappa shape index (κ2) is 7.34. The third kappa shape index (κ3) is 3.87. The molecule has 0 unspecified atom stereocenters.